The van der Waals surface area contributed by atoms with Gasteiger partial charge >= 0.3 is 0 Å². The number of nitrogens with zero attached hydrogens (tertiary/aromatic N) is 3. The number of ether oxygens (including phenoxy) is 2. The van der Waals surface area contributed by atoms with Crippen molar-refractivity contribution < 1.29 is 18.7 Å². The Morgan fingerprint density at radius 2 is 2.09 bits per heavy atom. The van der Waals surface area contributed by atoms with Crippen LogP contribution in [-0.2, 0) is 4.79 Å². The lowest BCUT2D eigenvalue weighted by molar-refractivity contribution is -0.119. The summed E-state index contributed by atoms with van der Waals surface area (Å²) in [6, 6.07) is 7.42. The number of alkyl halides is 1. The summed E-state index contributed by atoms with van der Waals surface area (Å²) in [6.07, 6.45) is 2.67. The van der Waals surface area contributed by atoms with E-state index in [4.69, 9.17) is 9.47 Å². The largest absolute Gasteiger partial charge is 0.486 e. The average Bonchev–Trinajstić information content (AvgIpc) is 3.14. The van der Waals surface area contributed by atoms with Crippen molar-refractivity contribution in [3.63, 3.8) is 0 Å². The zero-order valence-electron chi connectivity index (χ0n) is 17.9. The van der Waals surface area contributed by atoms with Crippen LogP contribution >= 0.6 is 0 Å². The van der Waals surface area contributed by atoms with Crippen molar-refractivity contribution in [2.24, 2.45) is 5.92 Å². The maximum atomic E-state index is 13.7. The third-order valence-corrected chi connectivity index (χ3v) is 5.73. The van der Waals surface area contributed by atoms with Gasteiger partial charge in [0, 0.05) is 19.5 Å². The predicted molar refractivity (Wildman–Crippen MR) is 119 cm³/mol. The fraction of sp³-hybridized carbons (Fsp3) is 0.409. The second-order valence-corrected chi connectivity index (χ2v) is 8.46. The first-order valence-corrected chi connectivity index (χ1v) is 10.6. The first-order chi connectivity index (χ1) is 15.4. The summed E-state index contributed by atoms with van der Waals surface area (Å²) in [7, 11) is 1.78. The summed E-state index contributed by atoms with van der Waals surface area (Å²) < 4.78 is 26.7. The normalized spacial score (nSPS) is 21.7. The van der Waals surface area contributed by atoms with Crippen LogP contribution in [0.25, 0.3) is 5.65 Å². The fourth-order valence-corrected chi connectivity index (χ4v) is 4.36. The van der Waals surface area contributed by atoms with E-state index in [-0.39, 0.29) is 18.2 Å². The minimum absolute atomic E-state index is 0.0661. The predicted octanol–water partition coefficient (Wildman–Crippen LogP) is 3.75. The Morgan fingerprint density at radius 3 is 2.88 bits per heavy atom. The maximum Gasteiger partial charge on any atom is 0.224 e. The Morgan fingerprint density at radius 1 is 1.28 bits per heavy atom. The molecule has 9 nitrogen and oxygen atoms in total. The number of nitrogens with one attached hydrogen (secondary N) is 3. The SMILES string of the molecule is CNc1cc(Nc2cccc3c2OCCO3)nc2c(NC(=O)CC3CC(C)(F)C3)cnn12. The highest BCUT2D eigenvalue weighted by Crippen LogP contribution is 2.42. The molecule has 10 heteroatoms. The molecule has 0 saturated heterocycles. The number of aromatic nitrogens is 3. The van der Waals surface area contributed by atoms with Crippen LogP contribution in [0.4, 0.5) is 27.4 Å². The molecule has 1 aliphatic heterocycles. The number of para-hydroxylation sites is 1. The molecule has 0 bridgehead atoms. The molecule has 5 rings (SSSR count). The van der Waals surface area contributed by atoms with Gasteiger partial charge in [0.05, 0.1) is 11.9 Å². The summed E-state index contributed by atoms with van der Waals surface area (Å²) in [4.78, 5) is 17.2. The molecule has 2 aromatic heterocycles. The number of amides is 1. The van der Waals surface area contributed by atoms with Crippen molar-refractivity contribution >= 4 is 34.6 Å². The number of fused-ring (bicyclic) bond motifs is 2. The second kappa shape index (κ2) is 7.85. The number of benzene rings is 1. The Bertz CT molecular complexity index is 1170. The molecule has 32 heavy (non-hydrogen) atoms. The van der Waals surface area contributed by atoms with Crippen LogP contribution < -0.4 is 25.4 Å². The molecule has 3 heterocycles. The Kier molecular flexibility index (Phi) is 4.99. The van der Waals surface area contributed by atoms with Crippen LogP contribution in [0.3, 0.4) is 0 Å². The summed E-state index contributed by atoms with van der Waals surface area (Å²) in [6.45, 7) is 2.56. The Labute approximate surface area is 184 Å². The van der Waals surface area contributed by atoms with E-state index < -0.39 is 5.67 Å². The van der Waals surface area contributed by atoms with Gasteiger partial charge in [0.25, 0.3) is 0 Å². The van der Waals surface area contributed by atoms with Crippen LogP contribution in [-0.4, -0.2) is 46.4 Å². The lowest BCUT2D eigenvalue weighted by atomic mass is 9.72. The monoisotopic (exact) mass is 440 g/mol. The highest BCUT2D eigenvalue weighted by Gasteiger charge is 2.41. The molecule has 1 aliphatic carbocycles. The number of halogens is 1. The van der Waals surface area contributed by atoms with Crippen molar-refractivity contribution in [3.8, 4) is 11.5 Å². The molecule has 1 saturated carbocycles. The van der Waals surface area contributed by atoms with Gasteiger partial charge in [-0.25, -0.2) is 9.37 Å². The number of hydrogen-bond acceptors (Lipinski definition) is 7. The number of rotatable bonds is 6. The van der Waals surface area contributed by atoms with E-state index in [0.29, 0.717) is 60.5 Å². The highest BCUT2D eigenvalue weighted by atomic mass is 19.1. The van der Waals surface area contributed by atoms with Crippen LogP contribution in [0.1, 0.15) is 26.2 Å². The fourth-order valence-electron chi connectivity index (χ4n) is 4.36. The van der Waals surface area contributed by atoms with Gasteiger partial charge in [-0.1, -0.05) is 6.07 Å². The summed E-state index contributed by atoms with van der Waals surface area (Å²) in [5, 5.41) is 13.6. The first kappa shape index (κ1) is 20.3. The van der Waals surface area contributed by atoms with Gasteiger partial charge < -0.3 is 25.4 Å². The van der Waals surface area contributed by atoms with Gasteiger partial charge in [-0.2, -0.15) is 9.61 Å². The van der Waals surface area contributed by atoms with Gasteiger partial charge in [0.15, 0.2) is 17.1 Å². The topological polar surface area (TPSA) is 102 Å². The lowest BCUT2D eigenvalue weighted by Crippen LogP contribution is -2.38. The minimum Gasteiger partial charge on any atom is -0.486 e. The molecule has 1 aromatic carbocycles. The summed E-state index contributed by atoms with van der Waals surface area (Å²) in [5.74, 6) is 2.44. The molecular formula is C22H25FN6O3. The molecule has 0 atom stereocenters. The molecule has 3 aromatic rings. The van der Waals surface area contributed by atoms with E-state index in [9.17, 15) is 9.18 Å². The van der Waals surface area contributed by atoms with Crippen molar-refractivity contribution in [3.05, 3.63) is 30.5 Å². The smallest absolute Gasteiger partial charge is 0.224 e. The molecule has 168 valence electrons. The summed E-state index contributed by atoms with van der Waals surface area (Å²) in [5.41, 5.74) is 0.557. The summed E-state index contributed by atoms with van der Waals surface area (Å²) >= 11 is 0. The molecule has 3 N–H and O–H groups in total. The van der Waals surface area contributed by atoms with Gasteiger partial charge in [0.2, 0.25) is 5.91 Å². The Balaban J connectivity index is 1.40. The van der Waals surface area contributed by atoms with E-state index in [2.05, 4.69) is 26.0 Å². The number of anilines is 4. The molecule has 1 fully saturated rings. The van der Waals surface area contributed by atoms with Gasteiger partial charge in [0.1, 0.15) is 36.2 Å². The zero-order chi connectivity index (χ0) is 22.3. The van der Waals surface area contributed by atoms with Crippen molar-refractivity contribution in [2.45, 2.75) is 31.9 Å². The van der Waals surface area contributed by atoms with Gasteiger partial charge in [-0.15, -0.1) is 0 Å². The van der Waals surface area contributed by atoms with E-state index in [0.717, 1.165) is 5.69 Å². The van der Waals surface area contributed by atoms with E-state index in [1.165, 1.54) is 0 Å². The number of carbonyl (C=O) groups excluding carboxylic acids is 1. The van der Waals surface area contributed by atoms with Crippen LogP contribution in [0.15, 0.2) is 30.5 Å². The van der Waals surface area contributed by atoms with Crippen molar-refractivity contribution in [1.29, 1.82) is 0 Å². The van der Waals surface area contributed by atoms with Gasteiger partial charge in [-0.3, -0.25) is 4.79 Å². The molecule has 0 spiro atoms. The highest BCUT2D eigenvalue weighted by molar-refractivity contribution is 5.94. The lowest BCUT2D eigenvalue weighted by Gasteiger charge is -2.38. The second-order valence-electron chi connectivity index (χ2n) is 8.46. The average molecular weight is 440 g/mol. The molecule has 0 radical (unpaired) electrons. The van der Waals surface area contributed by atoms with Crippen LogP contribution in [0.5, 0.6) is 11.5 Å². The van der Waals surface area contributed by atoms with Crippen LogP contribution in [0.2, 0.25) is 0 Å². The first-order valence-electron chi connectivity index (χ1n) is 10.6. The van der Waals surface area contributed by atoms with Gasteiger partial charge in [-0.05, 0) is 37.8 Å². The van der Waals surface area contributed by atoms with E-state index >= 15 is 0 Å². The van der Waals surface area contributed by atoms with Crippen molar-refractivity contribution in [2.75, 3.05) is 36.2 Å². The molecule has 1 amide bonds. The standard InChI is InChI=1S/C22H25FN6O3/c1-22(23)10-13(11-22)8-19(30)27-15-12-25-29-18(24-2)9-17(28-21(15)29)26-14-4-3-5-16-20(14)32-7-6-31-16/h3-5,9,12-13,24H,6-8,10-11H2,1-2H3,(H,26,28)(H,27,30). The number of hydrogen-bond donors (Lipinski definition) is 3. The third-order valence-electron chi connectivity index (χ3n) is 5.73. The van der Waals surface area contributed by atoms with E-state index in [1.807, 2.05) is 24.3 Å². The minimum atomic E-state index is -1.15. The number of carbonyl (C=O) groups is 1. The third kappa shape index (κ3) is 3.88. The molecule has 2 aliphatic rings. The maximum absolute atomic E-state index is 13.7. The van der Waals surface area contributed by atoms with Crippen LogP contribution in [0, 0.1) is 5.92 Å². The van der Waals surface area contributed by atoms with E-state index in [1.54, 1.807) is 24.7 Å². The quantitative estimate of drug-likeness (QED) is 0.537. The Hall–Kier alpha value is -3.56. The molecule has 0 unspecified atom stereocenters. The zero-order valence-corrected chi connectivity index (χ0v) is 17.9. The van der Waals surface area contributed by atoms with Crippen molar-refractivity contribution in [1.82, 2.24) is 14.6 Å². The molecular weight excluding hydrogens is 415 g/mol.